The molecule has 3 aromatic heterocycles. The third-order valence-corrected chi connectivity index (χ3v) is 6.37. The SMILES string of the molecule is O=[N+]([O-])c1c(Sc2ncco2)ncnc1N1CCC(Sc2ccccn2)CC1. The summed E-state index contributed by atoms with van der Waals surface area (Å²) in [5.41, 5.74) is -0.110. The molecule has 1 saturated heterocycles. The first-order chi connectivity index (χ1) is 13.7. The fraction of sp³-hybridized carbons (Fsp3) is 0.294. The summed E-state index contributed by atoms with van der Waals surface area (Å²) in [6.07, 6.45) is 7.83. The molecule has 4 rings (SSSR count). The van der Waals surface area contributed by atoms with Gasteiger partial charge in [0.05, 0.1) is 16.1 Å². The number of rotatable bonds is 6. The summed E-state index contributed by atoms with van der Waals surface area (Å²) in [6.45, 7) is 1.37. The van der Waals surface area contributed by atoms with Gasteiger partial charge < -0.3 is 9.32 Å². The molecule has 0 aliphatic carbocycles. The maximum absolute atomic E-state index is 11.7. The van der Waals surface area contributed by atoms with Gasteiger partial charge in [-0.25, -0.2) is 19.9 Å². The number of anilines is 1. The van der Waals surface area contributed by atoms with E-state index in [2.05, 4.69) is 19.9 Å². The van der Waals surface area contributed by atoms with Gasteiger partial charge in [-0.2, -0.15) is 0 Å². The van der Waals surface area contributed by atoms with Crippen LogP contribution in [-0.4, -0.2) is 43.2 Å². The molecule has 1 aliphatic heterocycles. The Morgan fingerprint density at radius 2 is 2.00 bits per heavy atom. The summed E-state index contributed by atoms with van der Waals surface area (Å²) in [5.74, 6) is 0.343. The van der Waals surface area contributed by atoms with Crippen LogP contribution in [0.25, 0.3) is 0 Å². The van der Waals surface area contributed by atoms with Crippen molar-refractivity contribution in [3.8, 4) is 0 Å². The normalized spacial score (nSPS) is 14.9. The molecule has 3 aromatic rings. The van der Waals surface area contributed by atoms with Gasteiger partial charge in [-0.15, -0.1) is 11.8 Å². The van der Waals surface area contributed by atoms with E-state index in [9.17, 15) is 10.1 Å². The third-order valence-electron chi connectivity index (χ3n) is 4.21. The lowest BCUT2D eigenvalue weighted by Crippen LogP contribution is -2.35. The lowest BCUT2D eigenvalue weighted by molar-refractivity contribution is -0.387. The van der Waals surface area contributed by atoms with Gasteiger partial charge in [0.2, 0.25) is 5.82 Å². The molecule has 144 valence electrons. The molecule has 4 heterocycles. The molecule has 0 saturated carbocycles. The van der Waals surface area contributed by atoms with Gasteiger partial charge >= 0.3 is 5.69 Å². The van der Waals surface area contributed by atoms with Crippen molar-refractivity contribution in [2.24, 2.45) is 0 Å². The van der Waals surface area contributed by atoms with Crippen LogP contribution >= 0.6 is 23.5 Å². The second kappa shape index (κ2) is 8.57. The minimum Gasteiger partial charge on any atom is -0.440 e. The second-order valence-corrected chi connectivity index (χ2v) is 8.24. The summed E-state index contributed by atoms with van der Waals surface area (Å²) in [6, 6.07) is 5.87. The van der Waals surface area contributed by atoms with Gasteiger partial charge in [0, 0.05) is 24.5 Å². The standard InChI is InChI=1S/C17H16N6O3S2/c24-23(25)14-15(20-11-21-16(14)28-17-19-7-10-26-17)22-8-4-12(5-9-22)27-13-3-1-2-6-18-13/h1-3,6-7,10-12H,4-5,8-9H2. The molecule has 0 aromatic carbocycles. The summed E-state index contributed by atoms with van der Waals surface area (Å²) in [7, 11) is 0. The Bertz CT molecular complexity index is 933. The van der Waals surface area contributed by atoms with Crippen molar-refractivity contribution >= 4 is 35.0 Å². The number of piperidine rings is 1. The Kier molecular flexibility index (Phi) is 5.72. The quantitative estimate of drug-likeness (QED) is 0.335. The van der Waals surface area contributed by atoms with E-state index in [-0.39, 0.29) is 10.7 Å². The molecule has 1 fully saturated rings. The number of nitro groups is 1. The van der Waals surface area contributed by atoms with Gasteiger partial charge in [-0.1, -0.05) is 6.07 Å². The van der Waals surface area contributed by atoms with Crippen molar-refractivity contribution in [3.63, 3.8) is 0 Å². The lowest BCUT2D eigenvalue weighted by atomic mass is 10.1. The zero-order valence-corrected chi connectivity index (χ0v) is 16.3. The van der Waals surface area contributed by atoms with Crippen molar-refractivity contribution in [2.45, 2.75) is 33.4 Å². The first kappa shape index (κ1) is 18.7. The molecule has 0 amide bonds. The smallest absolute Gasteiger partial charge is 0.343 e. The predicted molar refractivity (Wildman–Crippen MR) is 105 cm³/mol. The van der Waals surface area contributed by atoms with E-state index in [1.807, 2.05) is 23.1 Å². The first-order valence-corrected chi connectivity index (χ1v) is 10.3. The van der Waals surface area contributed by atoms with E-state index in [1.165, 1.54) is 18.8 Å². The van der Waals surface area contributed by atoms with Gasteiger partial charge in [-0.05, 0) is 36.7 Å². The van der Waals surface area contributed by atoms with Crippen LogP contribution in [0.3, 0.4) is 0 Å². The Hall–Kier alpha value is -2.66. The maximum Gasteiger partial charge on any atom is 0.343 e. The monoisotopic (exact) mass is 416 g/mol. The molecule has 0 spiro atoms. The van der Waals surface area contributed by atoms with Gasteiger partial charge in [0.15, 0.2) is 5.03 Å². The largest absolute Gasteiger partial charge is 0.440 e. The zero-order chi connectivity index (χ0) is 19.3. The van der Waals surface area contributed by atoms with E-state index in [0.29, 0.717) is 29.4 Å². The van der Waals surface area contributed by atoms with Crippen LogP contribution in [0.4, 0.5) is 11.5 Å². The third kappa shape index (κ3) is 4.25. The zero-order valence-electron chi connectivity index (χ0n) is 14.7. The van der Waals surface area contributed by atoms with Crippen molar-refractivity contribution in [2.75, 3.05) is 18.0 Å². The van der Waals surface area contributed by atoms with Gasteiger partial charge in [-0.3, -0.25) is 10.1 Å². The molecule has 0 atom stereocenters. The minimum absolute atomic E-state index is 0.110. The average molecular weight is 416 g/mol. The first-order valence-electron chi connectivity index (χ1n) is 8.60. The molecule has 0 N–H and O–H groups in total. The number of hydrogen-bond acceptors (Lipinski definition) is 10. The highest BCUT2D eigenvalue weighted by atomic mass is 32.2. The second-order valence-electron chi connectivity index (χ2n) is 5.98. The van der Waals surface area contributed by atoms with Crippen molar-refractivity contribution in [1.29, 1.82) is 0 Å². The Labute approximate surface area is 169 Å². The van der Waals surface area contributed by atoms with Crippen molar-refractivity contribution in [1.82, 2.24) is 19.9 Å². The fourth-order valence-corrected chi connectivity index (χ4v) is 4.75. The summed E-state index contributed by atoms with van der Waals surface area (Å²) in [5, 5.41) is 13.7. The molecule has 0 bridgehead atoms. The topological polar surface area (TPSA) is 111 Å². The highest BCUT2D eigenvalue weighted by Crippen LogP contribution is 2.39. The molecular formula is C17H16N6O3S2. The highest BCUT2D eigenvalue weighted by Gasteiger charge is 2.31. The molecular weight excluding hydrogens is 400 g/mol. The van der Waals surface area contributed by atoms with Crippen LogP contribution in [0.5, 0.6) is 0 Å². The Morgan fingerprint density at radius 1 is 1.14 bits per heavy atom. The minimum atomic E-state index is -0.435. The molecule has 0 unspecified atom stereocenters. The summed E-state index contributed by atoms with van der Waals surface area (Å²) < 4.78 is 5.17. The molecule has 9 nitrogen and oxygen atoms in total. The molecule has 11 heteroatoms. The number of thioether (sulfide) groups is 1. The summed E-state index contributed by atoms with van der Waals surface area (Å²) in [4.78, 5) is 29.9. The number of nitrogens with zero attached hydrogens (tertiary/aromatic N) is 6. The van der Waals surface area contributed by atoms with Crippen LogP contribution in [0.2, 0.25) is 0 Å². The van der Waals surface area contributed by atoms with Gasteiger partial charge in [0.1, 0.15) is 12.6 Å². The van der Waals surface area contributed by atoms with E-state index in [0.717, 1.165) is 29.6 Å². The number of aromatic nitrogens is 4. The number of hydrogen-bond donors (Lipinski definition) is 0. The maximum atomic E-state index is 11.7. The molecule has 28 heavy (non-hydrogen) atoms. The number of pyridine rings is 1. The summed E-state index contributed by atoms with van der Waals surface area (Å²) >= 11 is 2.77. The van der Waals surface area contributed by atoms with Crippen molar-refractivity contribution < 1.29 is 9.34 Å². The Morgan fingerprint density at radius 3 is 2.68 bits per heavy atom. The van der Waals surface area contributed by atoms with Crippen molar-refractivity contribution in [3.05, 3.63) is 53.3 Å². The van der Waals surface area contributed by atoms with Crippen LogP contribution in [0, 0.1) is 10.1 Å². The molecule has 1 aliphatic rings. The molecule has 0 radical (unpaired) electrons. The van der Waals surface area contributed by atoms with Crippen LogP contribution in [0.15, 0.2) is 62.9 Å². The highest BCUT2D eigenvalue weighted by molar-refractivity contribution is 7.99. The lowest BCUT2D eigenvalue weighted by Gasteiger charge is -2.31. The van der Waals surface area contributed by atoms with E-state index in [1.54, 1.807) is 18.0 Å². The van der Waals surface area contributed by atoms with Gasteiger partial charge in [0.25, 0.3) is 5.22 Å². The van der Waals surface area contributed by atoms with E-state index >= 15 is 0 Å². The van der Waals surface area contributed by atoms with Crippen LogP contribution < -0.4 is 4.90 Å². The van der Waals surface area contributed by atoms with E-state index < -0.39 is 4.92 Å². The van der Waals surface area contributed by atoms with E-state index in [4.69, 9.17) is 4.42 Å². The Balaban J connectivity index is 1.49. The van der Waals surface area contributed by atoms with Crippen LogP contribution in [0.1, 0.15) is 12.8 Å². The van der Waals surface area contributed by atoms with Crippen LogP contribution in [-0.2, 0) is 0 Å². The fourth-order valence-electron chi connectivity index (χ4n) is 2.94. The number of oxazole rings is 1. The average Bonchev–Trinajstić information content (AvgIpc) is 3.22. The predicted octanol–water partition coefficient (Wildman–Crippen LogP) is 3.68.